The molecule has 1 aromatic carbocycles. The van der Waals surface area contributed by atoms with Gasteiger partial charge in [-0.25, -0.2) is 4.79 Å². The Hall–Kier alpha value is -2.24. The minimum absolute atomic E-state index is 0.160. The van der Waals surface area contributed by atoms with Gasteiger partial charge in [-0.05, 0) is 36.5 Å². The van der Waals surface area contributed by atoms with Crippen LogP contribution in [-0.4, -0.2) is 36.7 Å². The molecule has 6 nitrogen and oxygen atoms in total. The fourth-order valence-corrected chi connectivity index (χ4v) is 2.12. The summed E-state index contributed by atoms with van der Waals surface area (Å²) < 4.78 is 10.9. The SMILES string of the molecule is COc1cc(C(=O)N[C@H](CC(C)C)C(=O)O)ccc1OCC(C)C. The number of carboxylic acid groups (broad SMARTS) is 1. The largest absolute Gasteiger partial charge is 0.493 e. The molecule has 0 aliphatic rings. The lowest BCUT2D eigenvalue weighted by molar-refractivity contribution is -0.139. The zero-order valence-electron chi connectivity index (χ0n) is 15.0. The van der Waals surface area contributed by atoms with Crippen LogP contribution >= 0.6 is 0 Å². The molecular formula is C18H27NO5. The van der Waals surface area contributed by atoms with Gasteiger partial charge in [0.25, 0.3) is 5.91 Å². The summed E-state index contributed by atoms with van der Waals surface area (Å²) in [6.45, 7) is 8.43. The van der Waals surface area contributed by atoms with Crippen LogP contribution in [-0.2, 0) is 4.79 Å². The van der Waals surface area contributed by atoms with Crippen LogP contribution in [0.15, 0.2) is 18.2 Å². The molecule has 0 fully saturated rings. The maximum Gasteiger partial charge on any atom is 0.326 e. The van der Waals surface area contributed by atoms with E-state index in [0.717, 1.165) is 0 Å². The highest BCUT2D eigenvalue weighted by Crippen LogP contribution is 2.28. The van der Waals surface area contributed by atoms with E-state index in [1.807, 2.05) is 27.7 Å². The molecule has 0 unspecified atom stereocenters. The second-order valence-electron chi connectivity index (χ2n) is 6.56. The number of amides is 1. The number of ether oxygens (including phenoxy) is 2. The molecular weight excluding hydrogens is 310 g/mol. The summed E-state index contributed by atoms with van der Waals surface area (Å²) in [6, 6.07) is 3.90. The number of methoxy groups -OCH3 is 1. The number of hydrogen-bond acceptors (Lipinski definition) is 4. The Balaban J connectivity index is 2.88. The fraction of sp³-hybridized carbons (Fsp3) is 0.556. The topological polar surface area (TPSA) is 84.9 Å². The molecule has 0 aliphatic heterocycles. The Kier molecular flexibility index (Phi) is 7.55. The van der Waals surface area contributed by atoms with Gasteiger partial charge in [-0.1, -0.05) is 27.7 Å². The smallest absolute Gasteiger partial charge is 0.326 e. The van der Waals surface area contributed by atoms with Crippen LogP contribution in [0.2, 0.25) is 0 Å². The van der Waals surface area contributed by atoms with Crippen LogP contribution < -0.4 is 14.8 Å². The first-order valence-corrected chi connectivity index (χ1v) is 8.09. The molecule has 0 saturated carbocycles. The van der Waals surface area contributed by atoms with Crippen molar-refractivity contribution in [3.8, 4) is 11.5 Å². The third-order valence-electron chi connectivity index (χ3n) is 3.31. The summed E-state index contributed by atoms with van der Waals surface area (Å²) in [6.07, 6.45) is 0.369. The zero-order valence-corrected chi connectivity index (χ0v) is 15.0. The second kappa shape index (κ2) is 9.15. The summed E-state index contributed by atoms with van der Waals surface area (Å²) >= 11 is 0. The van der Waals surface area contributed by atoms with Gasteiger partial charge in [0, 0.05) is 5.56 Å². The van der Waals surface area contributed by atoms with Crippen molar-refractivity contribution >= 4 is 11.9 Å². The van der Waals surface area contributed by atoms with E-state index in [2.05, 4.69) is 5.32 Å². The Morgan fingerprint density at radius 1 is 1.12 bits per heavy atom. The third kappa shape index (κ3) is 6.10. The molecule has 0 aliphatic carbocycles. The van der Waals surface area contributed by atoms with Gasteiger partial charge in [0.1, 0.15) is 6.04 Å². The van der Waals surface area contributed by atoms with Gasteiger partial charge in [-0.2, -0.15) is 0 Å². The Labute approximate surface area is 143 Å². The van der Waals surface area contributed by atoms with Gasteiger partial charge >= 0.3 is 5.97 Å². The number of nitrogens with one attached hydrogen (secondary N) is 1. The van der Waals surface area contributed by atoms with Gasteiger partial charge in [-0.15, -0.1) is 0 Å². The molecule has 0 heterocycles. The minimum Gasteiger partial charge on any atom is -0.493 e. The first kappa shape index (κ1) is 19.8. The van der Waals surface area contributed by atoms with Crippen molar-refractivity contribution in [3.05, 3.63) is 23.8 Å². The number of carbonyl (C=O) groups excluding carboxylic acids is 1. The molecule has 134 valence electrons. The number of hydrogen-bond donors (Lipinski definition) is 2. The Bertz CT molecular complexity index is 569. The van der Waals surface area contributed by atoms with E-state index in [1.165, 1.54) is 7.11 Å². The number of carbonyl (C=O) groups is 2. The molecule has 0 spiro atoms. The monoisotopic (exact) mass is 337 g/mol. The summed E-state index contributed by atoms with van der Waals surface area (Å²) in [5.74, 6) is 0.0363. The van der Waals surface area contributed by atoms with Crippen molar-refractivity contribution in [2.24, 2.45) is 11.8 Å². The lowest BCUT2D eigenvalue weighted by Gasteiger charge is -2.17. The molecule has 0 aromatic heterocycles. The second-order valence-corrected chi connectivity index (χ2v) is 6.56. The van der Waals surface area contributed by atoms with Gasteiger partial charge in [0.05, 0.1) is 13.7 Å². The van der Waals surface area contributed by atoms with E-state index in [1.54, 1.807) is 18.2 Å². The highest BCUT2D eigenvalue weighted by molar-refractivity contribution is 5.97. The summed E-state index contributed by atoms with van der Waals surface area (Å²) in [5, 5.41) is 11.8. The van der Waals surface area contributed by atoms with Crippen LogP contribution in [0.1, 0.15) is 44.5 Å². The van der Waals surface area contributed by atoms with Gasteiger partial charge in [0.2, 0.25) is 0 Å². The van der Waals surface area contributed by atoms with Crippen molar-refractivity contribution in [2.45, 2.75) is 40.2 Å². The van der Waals surface area contributed by atoms with Crippen LogP contribution in [0, 0.1) is 11.8 Å². The number of aliphatic carboxylic acids is 1. The van der Waals surface area contributed by atoms with E-state index in [0.29, 0.717) is 36.0 Å². The average molecular weight is 337 g/mol. The fourth-order valence-electron chi connectivity index (χ4n) is 2.12. The summed E-state index contributed by atoms with van der Waals surface area (Å²) in [5.41, 5.74) is 0.332. The molecule has 0 radical (unpaired) electrons. The maximum absolute atomic E-state index is 12.3. The molecule has 1 rings (SSSR count). The minimum atomic E-state index is -1.04. The van der Waals surface area contributed by atoms with Crippen molar-refractivity contribution in [3.63, 3.8) is 0 Å². The van der Waals surface area contributed by atoms with Crippen LogP contribution in [0.25, 0.3) is 0 Å². The van der Waals surface area contributed by atoms with Crippen molar-refractivity contribution in [1.29, 1.82) is 0 Å². The quantitative estimate of drug-likeness (QED) is 0.723. The molecule has 2 N–H and O–H groups in total. The first-order valence-electron chi connectivity index (χ1n) is 8.09. The van der Waals surface area contributed by atoms with Crippen LogP contribution in [0.4, 0.5) is 0 Å². The molecule has 1 atom stereocenters. The summed E-state index contributed by atoms with van der Waals surface area (Å²) in [7, 11) is 1.50. The van der Waals surface area contributed by atoms with E-state index < -0.39 is 17.9 Å². The predicted molar refractivity (Wildman–Crippen MR) is 91.7 cm³/mol. The molecule has 0 bridgehead atoms. The zero-order chi connectivity index (χ0) is 18.3. The molecule has 1 amide bonds. The van der Waals surface area contributed by atoms with Gasteiger partial charge < -0.3 is 19.9 Å². The lowest BCUT2D eigenvalue weighted by Crippen LogP contribution is -2.41. The van der Waals surface area contributed by atoms with Crippen molar-refractivity contribution in [1.82, 2.24) is 5.32 Å². The highest BCUT2D eigenvalue weighted by atomic mass is 16.5. The van der Waals surface area contributed by atoms with E-state index >= 15 is 0 Å². The first-order chi connectivity index (χ1) is 11.2. The number of rotatable bonds is 9. The molecule has 1 aromatic rings. The average Bonchev–Trinajstić information content (AvgIpc) is 2.51. The maximum atomic E-state index is 12.3. The number of benzene rings is 1. The standard InChI is InChI=1S/C18H27NO5/c1-11(2)8-14(18(21)22)19-17(20)13-6-7-15(16(9-13)23-5)24-10-12(3)4/h6-7,9,11-12,14H,8,10H2,1-5H3,(H,19,20)(H,21,22)/t14-/m1/s1. The highest BCUT2D eigenvalue weighted by Gasteiger charge is 2.22. The Morgan fingerprint density at radius 3 is 2.29 bits per heavy atom. The van der Waals surface area contributed by atoms with Crippen LogP contribution in [0.3, 0.4) is 0 Å². The Morgan fingerprint density at radius 2 is 1.79 bits per heavy atom. The number of carboxylic acids is 1. The lowest BCUT2D eigenvalue weighted by atomic mass is 10.0. The van der Waals surface area contributed by atoms with Crippen molar-refractivity contribution < 1.29 is 24.2 Å². The van der Waals surface area contributed by atoms with Gasteiger partial charge in [-0.3, -0.25) is 4.79 Å². The van der Waals surface area contributed by atoms with E-state index in [9.17, 15) is 14.7 Å². The molecule has 6 heteroatoms. The normalized spacial score (nSPS) is 12.1. The van der Waals surface area contributed by atoms with Crippen molar-refractivity contribution in [2.75, 3.05) is 13.7 Å². The van der Waals surface area contributed by atoms with Gasteiger partial charge in [0.15, 0.2) is 11.5 Å². The van der Waals surface area contributed by atoms with E-state index in [-0.39, 0.29) is 5.92 Å². The van der Waals surface area contributed by atoms with Crippen LogP contribution in [0.5, 0.6) is 11.5 Å². The van der Waals surface area contributed by atoms with E-state index in [4.69, 9.17) is 9.47 Å². The predicted octanol–water partition coefficient (Wildman–Crippen LogP) is 2.96. The third-order valence-corrected chi connectivity index (χ3v) is 3.31. The molecule has 0 saturated heterocycles. The summed E-state index contributed by atoms with van der Waals surface area (Å²) in [4.78, 5) is 23.6. The molecule has 24 heavy (non-hydrogen) atoms.